The summed E-state index contributed by atoms with van der Waals surface area (Å²) in [5.74, 6) is 0.0499. The normalized spacial score (nSPS) is 14.3. The first-order valence-electron chi connectivity index (χ1n) is 5.14. The van der Waals surface area contributed by atoms with Crippen LogP contribution < -0.4 is 5.32 Å². The maximum absolute atomic E-state index is 11.6. The molecule has 1 N–H and O–H groups in total. The van der Waals surface area contributed by atoms with Crippen molar-refractivity contribution in [2.24, 2.45) is 0 Å². The minimum Gasteiger partial charge on any atom is -0.349 e. The highest BCUT2D eigenvalue weighted by molar-refractivity contribution is 9.10. The van der Waals surface area contributed by atoms with Gasteiger partial charge in [-0.2, -0.15) is 0 Å². The van der Waals surface area contributed by atoms with Gasteiger partial charge < -0.3 is 5.32 Å². The van der Waals surface area contributed by atoms with Crippen LogP contribution in [0, 0.1) is 0 Å². The summed E-state index contributed by atoms with van der Waals surface area (Å²) in [4.78, 5) is 11.5. The Kier molecular flexibility index (Phi) is 4.82. The van der Waals surface area contributed by atoms with E-state index < -0.39 is 0 Å². The Hall–Kier alpha value is -0.830. The number of hydrogen-bond donors (Lipinski definition) is 1. The van der Waals surface area contributed by atoms with Gasteiger partial charge in [-0.05, 0) is 18.9 Å². The van der Waals surface area contributed by atoms with E-state index in [1.165, 1.54) is 0 Å². The molecule has 2 atom stereocenters. The smallest absolute Gasteiger partial charge is 0.234 e. The molecule has 0 bridgehead atoms. The molecular weight excluding hydrogens is 254 g/mol. The van der Waals surface area contributed by atoms with E-state index >= 15 is 0 Å². The first-order chi connectivity index (χ1) is 7.15. The van der Waals surface area contributed by atoms with Crippen LogP contribution in [0.2, 0.25) is 0 Å². The van der Waals surface area contributed by atoms with Crippen molar-refractivity contribution < 1.29 is 4.79 Å². The molecule has 0 aliphatic rings. The number of rotatable bonds is 4. The summed E-state index contributed by atoms with van der Waals surface area (Å²) in [6.07, 6.45) is 0.799. The van der Waals surface area contributed by atoms with Crippen molar-refractivity contribution in [3.8, 4) is 0 Å². The first-order valence-corrected chi connectivity index (χ1v) is 6.06. The SMILES string of the molecule is CC[C@@H](Br)C(=O)N[C@@H](C)c1ccccc1. The van der Waals surface area contributed by atoms with Gasteiger partial charge in [-0.1, -0.05) is 53.2 Å². The fourth-order valence-electron chi connectivity index (χ4n) is 1.31. The van der Waals surface area contributed by atoms with Crippen molar-refractivity contribution >= 4 is 21.8 Å². The lowest BCUT2D eigenvalue weighted by molar-refractivity contribution is -0.121. The Morgan fingerprint density at radius 1 is 1.40 bits per heavy atom. The van der Waals surface area contributed by atoms with E-state index in [0.29, 0.717) is 0 Å². The van der Waals surface area contributed by atoms with Crippen LogP contribution in [0.3, 0.4) is 0 Å². The third-order valence-corrected chi connectivity index (χ3v) is 3.36. The van der Waals surface area contributed by atoms with Crippen molar-refractivity contribution in [3.05, 3.63) is 35.9 Å². The lowest BCUT2D eigenvalue weighted by Gasteiger charge is -2.16. The van der Waals surface area contributed by atoms with Crippen molar-refractivity contribution in [1.29, 1.82) is 0 Å². The Morgan fingerprint density at radius 3 is 2.53 bits per heavy atom. The maximum Gasteiger partial charge on any atom is 0.234 e. The largest absolute Gasteiger partial charge is 0.349 e. The average Bonchev–Trinajstić information content (AvgIpc) is 2.29. The van der Waals surface area contributed by atoms with Crippen LogP contribution in [0.1, 0.15) is 31.9 Å². The van der Waals surface area contributed by atoms with Crippen molar-refractivity contribution in [2.45, 2.75) is 31.1 Å². The Labute approximate surface area is 99.2 Å². The second-order valence-electron chi connectivity index (χ2n) is 3.52. The molecule has 0 radical (unpaired) electrons. The highest BCUT2D eigenvalue weighted by atomic mass is 79.9. The number of nitrogens with one attached hydrogen (secondary N) is 1. The maximum atomic E-state index is 11.6. The molecule has 2 nitrogen and oxygen atoms in total. The fourth-order valence-corrected chi connectivity index (χ4v) is 1.45. The summed E-state index contributed by atoms with van der Waals surface area (Å²) in [6.45, 7) is 3.97. The zero-order valence-corrected chi connectivity index (χ0v) is 10.6. The summed E-state index contributed by atoms with van der Waals surface area (Å²) in [5, 5.41) is 2.96. The molecule has 0 fully saturated rings. The highest BCUT2D eigenvalue weighted by Gasteiger charge is 2.15. The van der Waals surface area contributed by atoms with Gasteiger partial charge in [0.25, 0.3) is 0 Å². The number of carbonyl (C=O) groups excluding carboxylic acids is 1. The molecule has 1 rings (SSSR count). The zero-order valence-electron chi connectivity index (χ0n) is 9.03. The van der Waals surface area contributed by atoms with Crippen LogP contribution in [0.15, 0.2) is 30.3 Å². The molecule has 1 aromatic carbocycles. The molecule has 82 valence electrons. The van der Waals surface area contributed by atoms with Gasteiger partial charge in [0.2, 0.25) is 5.91 Å². The molecule has 0 aliphatic heterocycles. The van der Waals surface area contributed by atoms with E-state index in [9.17, 15) is 4.79 Å². The van der Waals surface area contributed by atoms with Crippen LogP contribution in [-0.4, -0.2) is 10.7 Å². The lowest BCUT2D eigenvalue weighted by Crippen LogP contribution is -2.32. The second kappa shape index (κ2) is 5.91. The summed E-state index contributed by atoms with van der Waals surface area (Å²) in [6, 6.07) is 10.0. The number of carbonyl (C=O) groups is 1. The van der Waals surface area contributed by atoms with E-state index in [1.54, 1.807) is 0 Å². The minimum atomic E-state index is -0.0938. The molecule has 0 spiro atoms. The molecule has 0 saturated carbocycles. The van der Waals surface area contributed by atoms with E-state index in [2.05, 4.69) is 21.2 Å². The van der Waals surface area contributed by atoms with E-state index in [4.69, 9.17) is 0 Å². The first kappa shape index (κ1) is 12.2. The molecule has 3 heteroatoms. The van der Waals surface area contributed by atoms with Crippen molar-refractivity contribution in [1.82, 2.24) is 5.32 Å². The summed E-state index contributed by atoms with van der Waals surface area (Å²) >= 11 is 3.33. The number of alkyl halides is 1. The monoisotopic (exact) mass is 269 g/mol. The number of benzene rings is 1. The molecule has 0 heterocycles. The number of halogens is 1. The summed E-state index contributed by atoms with van der Waals surface area (Å²) < 4.78 is 0. The van der Waals surface area contributed by atoms with Crippen LogP contribution in [0.25, 0.3) is 0 Å². The predicted molar refractivity (Wildman–Crippen MR) is 66.0 cm³/mol. The molecule has 0 aliphatic carbocycles. The average molecular weight is 270 g/mol. The van der Waals surface area contributed by atoms with Gasteiger partial charge in [0.15, 0.2) is 0 Å². The van der Waals surface area contributed by atoms with Crippen molar-refractivity contribution in [3.63, 3.8) is 0 Å². The van der Waals surface area contributed by atoms with Gasteiger partial charge in [-0.25, -0.2) is 0 Å². The molecule has 1 amide bonds. The molecule has 1 aromatic rings. The van der Waals surface area contributed by atoms with Crippen LogP contribution in [0.4, 0.5) is 0 Å². The van der Waals surface area contributed by atoms with E-state index in [0.717, 1.165) is 12.0 Å². The lowest BCUT2D eigenvalue weighted by atomic mass is 10.1. The van der Waals surface area contributed by atoms with Crippen molar-refractivity contribution in [2.75, 3.05) is 0 Å². The standard InChI is InChI=1S/C12H16BrNO/c1-3-11(13)12(15)14-9(2)10-7-5-4-6-8-10/h4-9,11H,3H2,1-2H3,(H,14,15)/t9-,11+/m0/s1. The highest BCUT2D eigenvalue weighted by Crippen LogP contribution is 2.13. The molecule has 15 heavy (non-hydrogen) atoms. The van der Waals surface area contributed by atoms with Gasteiger partial charge in [0, 0.05) is 0 Å². The number of amides is 1. The quantitative estimate of drug-likeness (QED) is 0.837. The summed E-state index contributed by atoms with van der Waals surface area (Å²) in [5.41, 5.74) is 1.13. The third kappa shape index (κ3) is 3.67. The summed E-state index contributed by atoms with van der Waals surface area (Å²) in [7, 11) is 0. The van der Waals surface area contributed by atoms with Gasteiger partial charge in [-0.3, -0.25) is 4.79 Å². The van der Waals surface area contributed by atoms with Gasteiger partial charge in [-0.15, -0.1) is 0 Å². The fraction of sp³-hybridized carbons (Fsp3) is 0.417. The number of hydrogen-bond acceptors (Lipinski definition) is 1. The molecular formula is C12H16BrNO. The van der Waals surface area contributed by atoms with Crippen LogP contribution >= 0.6 is 15.9 Å². The Morgan fingerprint density at radius 2 is 2.00 bits per heavy atom. The Balaban J connectivity index is 2.56. The van der Waals surface area contributed by atoms with Gasteiger partial charge in [0.1, 0.15) is 0 Å². The van der Waals surface area contributed by atoms with E-state index in [-0.39, 0.29) is 16.8 Å². The molecule has 0 saturated heterocycles. The minimum absolute atomic E-state index is 0.0499. The van der Waals surface area contributed by atoms with E-state index in [1.807, 2.05) is 44.2 Å². The predicted octanol–water partition coefficient (Wildman–Crippen LogP) is 3.04. The Bertz CT molecular complexity index is 313. The zero-order chi connectivity index (χ0) is 11.3. The van der Waals surface area contributed by atoms with Crippen LogP contribution in [-0.2, 0) is 4.79 Å². The molecule has 0 aromatic heterocycles. The van der Waals surface area contributed by atoms with Crippen LogP contribution in [0.5, 0.6) is 0 Å². The molecule has 0 unspecified atom stereocenters. The van der Waals surface area contributed by atoms with Gasteiger partial charge in [0.05, 0.1) is 10.9 Å². The van der Waals surface area contributed by atoms with Gasteiger partial charge >= 0.3 is 0 Å². The second-order valence-corrected chi connectivity index (χ2v) is 4.62. The third-order valence-electron chi connectivity index (χ3n) is 2.30. The topological polar surface area (TPSA) is 29.1 Å².